The fourth-order valence-corrected chi connectivity index (χ4v) is 5.10. The molecule has 0 bridgehead atoms. The van der Waals surface area contributed by atoms with Gasteiger partial charge in [0.2, 0.25) is 10.0 Å². The first-order chi connectivity index (χ1) is 8.46. The second kappa shape index (κ2) is 6.87. The van der Waals surface area contributed by atoms with Crippen LogP contribution >= 0.6 is 0 Å². The summed E-state index contributed by atoms with van der Waals surface area (Å²) in [6, 6.07) is -0.224. The van der Waals surface area contributed by atoms with E-state index in [1.807, 2.05) is 20.8 Å². The van der Waals surface area contributed by atoms with Crippen LogP contribution in [0.25, 0.3) is 0 Å². The summed E-state index contributed by atoms with van der Waals surface area (Å²) in [5.41, 5.74) is 0. The van der Waals surface area contributed by atoms with E-state index in [1.54, 1.807) is 4.31 Å². The van der Waals surface area contributed by atoms with Crippen LogP contribution in [0.2, 0.25) is 0 Å². The van der Waals surface area contributed by atoms with E-state index in [-0.39, 0.29) is 30.2 Å². The molecule has 4 nitrogen and oxygen atoms in total. The Hall–Kier alpha value is -0.130. The smallest absolute Gasteiger partial charge is 0.214 e. The average molecular weight is 277 g/mol. The summed E-state index contributed by atoms with van der Waals surface area (Å²) in [6.45, 7) is 6.60. The van der Waals surface area contributed by atoms with Gasteiger partial charge in [0.1, 0.15) is 0 Å². The van der Waals surface area contributed by atoms with Gasteiger partial charge >= 0.3 is 0 Å². The van der Waals surface area contributed by atoms with Crippen molar-refractivity contribution in [1.82, 2.24) is 4.31 Å². The van der Waals surface area contributed by atoms with Gasteiger partial charge in [0, 0.05) is 6.54 Å². The second-order valence-corrected chi connectivity index (χ2v) is 7.41. The molecule has 0 aromatic carbocycles. The van der Waals surface area contributed by atoms with Crippen molar-refractivity contribution in [3.8, 4) is 0 Å². The highest BCUT2D eigenvalue weighted by Gasteiger charge is 2.36. The number of sulfonamides is 1. The molecule has 1 aliphatic rings. The first-order valence-corrected chi connectivity index (χ1v) is 8.67. The topological polar surface area (TPSA) is 57.6 Å². The lowest BCUT2D eigenvalue weighted by Crippen LogP contribution is -2.50. The summed E-state index contributed by atoms with van der Waals surface area (Å²) in [5.74, 6) is 0.704. The molecule has 18 heavy (non-hydrogen) atoms. The van der Waals surface area contributed by atoms with E-state index in [1.165, 1.54) is 0 Å². The molecule has 108 valence electrons. The minimum absolute atomic E-state index is 0.0662. The number of rotatable bonds is 6. The Morgan fingerprint density at radius 3 is 2.44 bits per heavy atom. The van der Waals surface area contributed by atoms with Gasteiger partial charge in [-0.15, -0.1) is 0 Å². The fraction of sp³-hybridized carbons (Fsp3) is 1.00. The maximum absolute atomic E-state index is 12.4. The summed E-state index contributed by atoms with van der Waals surface area (Å²) in [4.78, 5) is 0. The zero-order valence-corrected chi connectivity index (χ0v) is 12.6. The predicted molar refractivity (Wildman–Crippen MR) is 73.8 cm³/mol. The van der Waals surface area contributed by atoms with Gasteiger partial charge in [-0.2, -0.15) is 4.31 Å². The highest BCUT2D eigenvalue weighted by molar-refractivity contribution is 7.89. The van der Waals surface area contributed by atoms with Crippen LogP contribution in [0, 0.1) is 11.8 Å². The molecule has 1 heterocycles. The molecule has 0 aromatic heterocycles. The van der Waals surface area contributed by atoms with Crippen LogP contribution < -0.4 is 0 Å². The lowest BCUT2D eigenvalue weighted by atomic mass is 9.93. The molecule has 1 fully saturated rings. The predicted octanol–water partition coefficient (Wildman–Crippen LogP) is 1.85. The first-order valence-electron chi connectivity index (χ1n) is 7.06. The van der Waals surface area contributed by atoms with Gasteiger partial charge in [0.15, 0.2) is 0 Å². The van der Waals surface area contributed by atoms with Crippen molar-refractivity contribution in [1.29, 1.82) is 0 Å². The normalized spacial score (nSPS) is 26.7. The largest absolute Gasteiger partial charge is 0.395 e. The molecule has 2 unspecified atom stereocenters. The van der Waals surface area contributed by atoms with Gasteiger partial charge in [-0.1, -0.05) is 33.6 Å². The number of aliphatic hydroxyl groups is 1. The van der Waals surface area contributed by atoms with E-state index in [0.29, 0.717) is 6.54 Å². The maximum Gasteiger partial charge on any atom is 0.214 e. The molecule has 2 atom stereocenters. The maximum atomic E-state index is 12.4. The minimum Gasteiger partial charge on any atom is -0.395 e. The van der Waals surface area contributed by atoms with E-state index in [4.69, 9.17) is 0 Å². The Bertz CT molecular complexity index is 338. The third-order valence-electron chi connectivity index (χ3n) is 4.21. The van der Waals surface area contributed by atoms with Gasteiger partial charge in [-0.25, -0.2) is 8.42 Å². The van der Waals surface area contributed by atoms with E-state index in [0.717, 1.165) is 25.7 Å². The van der Waals surface area contributed by atoms with Gasteiger partial charge < -0.3 is 5.11 Å². The summed E-state index contributed by atoms with van der Waals surface area (Å²) in [7, 11) is -3.23. The van der Waals surface area contributed by atoms with Crippen molar-refractivity contribution < 1.29 is 13.5 Å². The van der Waals surface area contributed by atoms with Crippen LogP contribution in [0.4, 0.5) is 0 Å². The number of hydrogen-bond acceptors (Lipinski definition) is 3. The molecule has 0 spiro atoms. The second-order valence-electron chi connectivity index (χ2n) is 5.44. The summed E-state index contributed by atoms with van der Waals surface area (Å²) < 4.78 is 26.4. The SMILES string of the molecule is CCC(CC)CS(=O)(=O)N1CCCC(C)C1CO. The Balaban J connectivity index is 2.82. The molecule has 1 saturated heterocycles. The van der Waals surface area contributed by atoms with Crippen LogP contribution in [-0.2, 0) is 10.0 Å². The molecule has 0 aliphatic carbocycles. The molecule has 0 amide bonds. The molecule has 5 heteroatoms. The van der Waals surface area contributed by atoms with Crippen LogP contribution in [0.1, 0.15) is 46.5 Å². The summed E-state index contributed by atoms with van der Waals surface area (Å²) in [5, 5.41) is 9.44. The monoisotopic (exact) mass is 277 g/mol. The Kier molecular flexibility index (Phi) is 6.08. The minimum atomic E-state index is -3.23. The molecule has 1 rings (SSSR count). The van der Waals surface area contributed by atoms with Crippen LogP contribution in [-0.4, -0.2) is 42.8 Å². The van der Waals surface area contributed by atoms with E-state index in [2.05, 4.69) is 0 Å². The number of aliphatic hydroxyl groups excluding tert-OH is 1. The van der Waals surface area contributed by atoms with Crippen LogP contribution in [0.3, 0.4) is 0 Å². The van der Waals surface area contributed by atoms with E-state index < -0.39 is 10.0 Å². The average Bonchev–Trinajstić information content (AvgIpc) is 2.35. The summed E-state index contributed by atoms with van der Waals surface area (Å²) >= 11 is 0. The van der Waals surface area contributed by atoms with Crippen molar-refractivity contribution >= 4 is 10.0 Å². The Labute approximate surface area is 111 Å². The van der Waals surface area contributed by atoms with Crippen molar-refractivity contribution in [3.05, 3.63) is 0 Å². The lowest BCUT2D eigenvalue weighted by Gasteiger charge is -2.38. The molecular formula is C13H27NO3S. The van der Waals surface area contributed by atoms with Crippen molar-refractivity contribution in [2.75, 3.05) is 18.9 Å². The molecule has 0 aromatic rings. The van der Waals surface area contributed by atoms with Gasteiger partial charge in [0.05, 0.1) is 18.4 Å². The zero-order chi connectivity index (χ0) is 13.8. The van der Waals surface area contributed by atoms with E-state index >= 15 is 0 Å². The molecule has 0 radical (unpaired) electrons. The number of nitrogens with zero attached hydrogens (tertiary/aromatic N) is 1. The third-order valence-corrected chi connectivity index (χ3v) is 6.27. The fourth-order valence-electron chi connectivity index (χ4n) is 2.75. The van der Waals surface area contributed by atoms with Gasteiger partial charge in [-0.05, 0) is 24.7 Å². The van der Waals surface area contributed by atoms with E-state index in [9.17, 15) is 13.5 Å². The highest BCUT2D eigenvalue weighted by atomic mass is 32.2. The summed E-state index contributed by atoms with van der Waals surface area (Å²) in [6.07, 6.45) is 3.69. The number of hydrogen-bond donors (Lipinski definition) is 1. The lowest BCUT2D eigenvalue weighted by molar-refractivity contribution is 0.113. The van der Waals surface area contributed by atoms with Crippen molar-refractivity contribution in [3.63, 3.8) is 0 Å². The molecule has 1 aliphatic heterocycles. The van der Waals surface area contributed by atoms with Crippen molar-refractivity contribution in [2.24, 2.45) is 11.8 Å². The molecule has 0 saturated carbocycles. The quantitative estimate of drug-likeness (QED) is 0.806. The number of piperidine rings is 1. The highest BCUT2D eigenvalue weighted by Crippen LogP contribution is 2.27. The molecular weight excluding hydrogens is 250 g/mol. The van der Waals surface area contributed by atoms with Gasteiger partial charge in [0.25, 0.3) is 0 Å². The molecule has 1 N–H and O–H groups in total. The van der Waals surface area contributed by atoms with Crippen LogP contribution in [0.15, 0.2) is 0 Å². The zero-order valence-electron chi connectivity index (χ0n) is 11.8. The Morgan fingerprint density at radius 1 is 1.33 bits per heavy atom. The standard InChI is InChI=1S/C13H27NO3S/c1-4-12(5-2)10-18(16,17)14-8-6-7-11(3)13(14)9-15/h11-13,15H,4-10H2,1-3H3. The van der Waals surface area contributed by atoms with Gasteiger partial charge in [-0.3, -0.25) is 0 Å². The third kappa shape index (κ3) is 3.68. The first kappa shape index (κ1) is 15.9. The van der Waals surface area contributed by atoms with Crippen LogP contribution in [0.5, 0.6) is 0 Å². The Morgan fingerprint density at radius 2 is 1.94 bits per heavy atom. The van der Waals surface area contributed by atoms with Crippen molar-refractivity contribution in [2.45, 2.75) is 52.5 Å².